The molecule has 9 heteroatoms. The van der Waals surface area contributed by atoms with Crippen LogP contribution in [-0.4, -0.2) is 73.4 Å². The number of carbonyl (C=O) groups is 1. The number of hydrogen-bond donors (Lipinski definition) is 3. The molecule has 60 heavy (non-hydrogen) atoms. The molecule has 0 rings (SSSR count). The van der Waals surface area contributed by atoms with E-state index in [0.29, 0.717) is 17.4 Å². The molecule has 0 fully saturated rings. The molecule has 3 unspecified atom stereocenters. The van der Waals surface area contributed by atoms with E-state index in [0.717, 1.165) is 57.8 Å². The van der Waals surface area contributed by atoms with Crippen LogP contribution in [-0.2, 0) is 18.4 Å². The molecule has 8 nitrogen and oxygen atoms in total. The van der Waals surface area contributed by atoms with Crippen LogP contribution >= 0.6 is 7.82 Å². The van der Waals surface area contributed by atoms with Gasteiger partial charge in [-0.05, 0) is 70.6 Å². The van der Waals surface area contributed by atoms with Gasteiger partial charge in [-0.25, -0.2) is 4.57 Å². The summed E-state index contributed by atoms with van der Waals surface area (Å²) in [6, 6.07) is -0.877. The minimum atomic E-state index is -4.36. The molecule has 0 spiro atoms. The minimum absolute atomic E-state index is 0.0500. The lowest BCUT2D eigenvalue weighted by atomic mass is 10.0. The van der Waals surface area contributed by atoms with Crippen molar-refractivity contribution in [3.05, 3.63) is 48.6 Å². The highest BCUT2D eigenvalue weighted by Crippen LogP contribution is 2.43. The zero-order valence-corrected chi connectivity index (χ0v) is 40.8. The first-order chi connectivity index (χ1) is 29.0. The monoisotopic (exact) mass is 866 g/mol. The van der Waals surface area contributed by atoms with E-state index in [-0.39, 0.29) is 19.1 Å². The third kappa shape index (κ3) is 44.5. The fraction of sp³-hybridized carbons (Fsp3) is 0.824. The summed E-state index contributed by atoms with van der Waals surface area (Å²) in [5.74, 6) is -0.208. The highest BCUT2D eigenvalue weighted by molar-refractivity contribution is 7.47. The van der Waals surface area contributed by atoms with Crippen LogP contribution in [0.25, 0.3) is 0 Å². The van der Waals surface area contributed by atoms with Crippen LogP contribution in [0, 0.1) is 0 Å². The summed E-state index contributed by atoms with van der Waals surface area (Å²) in [4.78, 5) is 23.1. The molecule has 0 aliphatic heterocycles. The predicted octanol–water partition coefficient (Wildman–Crippen LogP) is 14.4. The second-order valence-electron chi connectivity index (χ2n) is 18.2. The number of hydrogen-bond acceptors (Lipinski definition) is 5. The van der Waals surface area contributed by atoms with Gasteiger partial charge in [0.2, 0.25) is 5.91 Å². The number of phosphoric acid groups is 1. The Labute approximate surface area is 371 Å². The topological polar surface area (TPSA) is 105 Å². The molecule has 0 heterocycles. The molecule has 0 aromatic rings. The van der Waals surface area contributed by atoms with E-state index in [1.807, 2.05) is 27.2 Å². The van der Waals surface area contributed by atoms with Crippen LogP contribution in [0.1, 0.15) is 219 Å². The number of nitrogens with zero attached hydrogens (tertiary/aromatic N) is 1. The molecule has 0 aliphatic carbocycles. The Bertz CT molecular complexity index is 1120. The Balaban J connectivity index is 4.37. The number of amides is 1. The standard InChI is InChI=1S/C51H97N2O6P/c1-6-8-10-12-14-16-18-20-21-22-23-24-25-26-27-28-29-30-31-33-34-36-38-40-42-44-50(54)49(48-59-60(56,57)58-47-46-53(3,4)5)52-51(55)45-43-41-39-37-35-32-19-17-15-13-11-9-7-2/h29-30,32,34-36,42,44,49-50,54H,6-28,31,33,37-41,43,45-48H2,1-5H3,(H-,52,55,56,57)/p+1/b30-29+,35-32-,36-34+,44-42+. The zero-order chi connectivity index (χ0) is 44.3. The molecule has 352 valence electrons. The summed E-state index contributed by atoms with van der Waals surface area (Å²) < 4.78 is 23.6. The van der Waals surface area contributed by atoms with E-state index in [9.17, 15) is 19.4 Å². The SMILES string of the molecule is CCCCCCCC/C=C\CCCCCC(=O)NC(COP(=O)(O)OCC[N+](C)(C)C)C(O)/C=C/CC/C=C/CC/C=C/CCCCCCCCCCCCCCCCC. The molecule has 0 bridgehead atoms. The summed E-state index contributed by atoms with van der Waals surface area (Å²) in [7, 11) is 1.53. The molecular weight excluding hydrogens is 768 g/mol. The van der Waals surface area contributed by atoms with Gasteiger partial charge < -0.3 is 19.8 Å². The maximum Gasteiger partial charge on any atom is 0.472 e. The second kappa shape index (κ2) is 42.7. The Morgan fingerprint density at radius 1 is 0.550 bits per heavy atom. The average Bonchev–Trinajstić information content (AvgIpc) is 3.20. The van der Waals surface area contributed by atoms with Crippen molar-refractivity contribution in [2.45, 2.75) is 231 Å². The molecule has 3 N–H and O–H groups in total. The first-order valence-electron chi connectivity index (χ1n) is 25.0. The van der Waals surface area contributed by atoms with Crippen LogP contribution < -0.4 is 5.32 Å². The van der Waals surface area contributed by atoms with Gasteiger partial charge >= 0.3 is 7.82 Å². The molecule has 0 aliphatic rings. The van der Waals surface area contributed by atoms with Gasteiger partial charge in [0.15, 0.2) is 0 Å². The van der Waals surface area contributed by atoms with Gasteiger partial charge in [-0.2, -0.15) is 0 Å². The Morgan fingerprint density at radius 3 is 1.33 bits per heavy atom. The quantitative estimate of drug-likeness (QED) is 0.0244. The minimum Gasteiger partial charge on any atom is -0.387 e. The number of quaternary nitrogens is 1. The molecule has 0 aromatic carbocycles. The number of phosphoric ester groups is 1. The van der Waals surface area contributed by atoms with E-state index in [1.54, 1.807) is 6.08 Å². The predicted molar refractivity (Wildman–Crippen MR) is 258 cm³/mol. The number of nitrogens with one attached hydrogen (secondary N) is 1. The van der Waals surface area contributed by atoms with Crippen molar-refractivity contribution in [3.63, 3.8) is 0 Å². The normalized spacial score (nSPS) is 14.6. The van der Waals surface area contributed by atoms with Gasteiger partial charge in [-0.3, -0.25) is 13.8 Å². The summed E-state index contributed by atoms with van der Waals surface area (Å²) in [6.45, 7) is 4.77. The zero-order valence-electron chi connectivity index (χ0n) is 39.9. The molecule has 3 atom stereocenters. The number of rotatable bonds is 45. The van der Waals surface area contributed by atoms with Gasteiger partial charge in [-0.1, -0.05) is 191 Å². The first-order valence-corrected chi connectivity index (χ1v) is 26.5. The number of aliphatic hydroxyl groups excluding tert-OH is 1. The van der Waals surface area contributed by atoms with Crippen LogP contribution in [0.3, 0.4) is 0 Å². The van der Waals surface area contributed by atoms with Gasteiger partial charge in [-0.15, -0.1) is 0 Å². The number of unbranched alkanes of at least 4 members (excludes halogenated alkanes) is 26. The first kappa shape index (κ1) is 58.5. The Morgan fingerprint density at radius 2 is 0.917 bits per heavy atom. The van der Waals surface area contributed by atoms with E-state index in [2.05, 4.69) is 55.6 Å². The van der Waals surface area contributed by atoms with E-state index in [1.165, 1.54) is 141 Å². The summed E-state index contributed by atoms with van der Waals surface area (Å²) >= 11 is 0. The van der Waals surface area contributed by atoms with Gasteiger partial charge in [0.1, 0.15) is 13.2 Å². The average molecular weight is 866 g/mol. The molecule has 0 aromatic heterocycles. The smallest absolute Gasteiger partial charge is 0.387 e. The van der Waals surface area contributed by atoms with Crippen molar-refractivity contribution in [3.8, 4) is 0 Å². The van der Waals surface area contributed by atoms with Crippen LogP contribution in [0.2, 0.25) is 0 Å². The van der Waals surface area contributed by atoms with E-state index in [4.69, 9.17) is 9.05 Å². The molecule has 1 amide bonds. The van der Waals surface area contributed by atoms with Crippen molar-refractivity contribution in [1.29, 1.82) is 0 Å². The van der Waals surface area contributed by atoms with Crippen molar-refractivity contribution < 1.29 is 32.9 Å². The molecular formula is C51H98N2O6P+. The summed E-state index contributed by atoms with van der Waals surface area (Å²) in [6.07, 6.45) is 54.9. The Kier molecular flexibility index (Phi) is 41.6. The highest BCUT2D eigenvalue weighted by Gasteiger charge is 2.27. The maximum absolute atomic E-state index is 12.9. The molecule has 0 saturated carbocycles. The lowest BCUT2D eigenvalue weighted by Crippen LogP contribution is -2.45. The fourth-order valence-corrected chi connectivity index (χ4v) is 7.74. The third-order valence-electron chi connectivity index (χ3n) is 11.0. The van der Waals surface area contributed by atoms with Crippen LogP contribution in [0.15, 0.2) is 48.6 Å². The largest absolute Gasteiger partial charge is 0.472 e. The molecule has 0 radical (unpaired) electrons. The van der Waals surface area contributed by atoms with E-state index < -0.39 is 20.0 Å². The number of carbonyl (C=O) groups excluding carboxylic acids is 1. The Hall–Kier alpha value is -1.54. The van der Waals surface area contributed by atoms with Crippen molar-refractivity contribution in [2.24, 2.45) is 0 Å². The van der Waals surface area contributed by atoms with Gasteiger partial charge in [0, 0.05) is 6.42 Å². The van der Waals surface area contributed by atoms with E-state index >= 15 is 0 Å². The summed E-state index contributed by atoms with van der Waals surface area (Å²) in [5, 5.41) is 13.8. The van der Waals surface area contributed by atoms with Crippen molar-refractivity contribution >= 4 is 13.7 Å². The lowest BCUT2D eigenvalue weighted by molar-refractivity contribution is -0.870. The van der Waals surface area contributed by atoms with Crippen LogP contribution in [0.4, 0.5) is 0 Å². The van der Waals surface area contributed by atoms with Gasteiger partial charge in [0.25, 0.3) is 0 Å². The third-order valence-corrected chi connectivity index (χ3v) is 12.0. The van der Waals surface area contributed by atoms with Crippen molar-refractivity contribution in [1.82, 2.24) is 5.32 Å². The van der Waals surface area contributed by atoms with Gasteiger partial charge in [0.05, 0.1) is 39.9 Å². The highest BCUT2D eigenvalue weighted by atomic mass is 31.2. The second-order valence-corrected chi connectivity index (χ2v) is 19.6. The lowest BCUT2D eigenvalue weighted by Gasteiger charge is -2.25. The number of allylic oxidation sites excluding steroid dienone is 7. The fourth-order valence-electron chi connectivity index (χ4n) is 7.01. The number of aliphatic hydroxyl groups is 1. The van der Waals surface area contributed by atoms with Crippen molar-refractivity contribution in [2.75, 3.05) is 40.9 Å². The van der Waals surface area contributed by atoms with Crippen LogP contribution in [0.5, 0.6) is 0 Å². The number of likely N-dealkylation sites (N-methyl/N-ethyl adjacent to an activating group) is 1. The maximum atomic E-state index is 12.9. The summed E-state index contributed by atoms with van der Waals surface area (Å²) in [5.41, 5.74) is 0. The molecule has 0 saturated heterocycles.